The van der Waals surface area contributed by atoms with Crippen LogP contribution in [0.3, 0.4) is 0 Å². The third kappa shape index (κ3) is 15.0. The van der Waals surface area contributed by atoms with Crippen LogP contribution in [0, 0.1) is 0 Å². The number of ether oxygens (including phenoxy) is 11. The maximum absolute atomic E-state index is 13.3. The molecule has 4 aliphatic rings. The van der Waals surface area contributed by atoms with Crippen molar-refractivity contribution in [3.63, 3.8) is 0 Å². The second-order valence-corrected chi connectivity index (χ2v) is 23.1. The molecule has 0 saturated carbocycles. The lowest BCUT2D eigenvalue weighted by molar-refractivity contribution is -0.671. The van der Waals surface area contributed by atoms with Gasteiger partial charge in [-0.1, -0.05) is 12.1 Å². The SMILES string of the molecule is CC(=O)OC[C@H]1O[C@@H](O[C@H]2[C@H](OC(C)=O)[C@@H](OC(C)=O)[C@H](Oc3ccc(-c4c5nc(c(-c6cc[n+](C)cc6)c6ccc([nH]6)c(-c6cc[n+](C)cc6)c6nc(c(-c7cc[n+](C)cc7)c7ccc4[nH]7)C=C6)C=C5)cc3)O[C@@H]2COC(C)=O)[C@H](OC(C)=O)[C@@H](OC(C)=O)[C@H]1OC(C)=O. The number of hydrogen-bond donors (Lipinski definition) is 2. The summed E-state index contributed by atoms with van der Waals surface area (Å²) in [5.41, 5.74) is 12.6. The lowest BCUT2D eigenvalue weighted by atomic mass is 9.96. The minimum absolute atomic E-state index is 0.154. The molecule has 2 fully saturated rings. The second-order valence-electron chi connectivity index (χ2n) is 23.1. The van der Waals surface area contributed by atoms with Crippen LogP contribution in [0.4, 0.5) is 0 Å². The number of pyridine rings is 3. The Balaban J connectivity index is 1.03. The molecule has 0 amide bonds. The highest BCUT2D eigenvalue weighted by atomic mass is 16.8. The van der Waals surface area contributed by atoms with Gasteiger partial charge in [0.05, 0.1) is 22.8 Å². The molecule has 7 aromatic rings. The van der Waals surface area contributed by atoms with E-state index in [9.17, 15) is 33.6 Å². The molecule has 0 unspecified atom stereocenters. The zero-order valence-corrected chi connectivity index (χ0v) is 53.6. The minimum atomic E-state index is -1.88. The average molecular weight is 1300 g/mol. The standard InChI is InChI=1S/C70H69N7O18/c1-37(78)85-35-57-63(87-39(3)80)65(88-40(4)81)68(91-43(7)84)70(94-57)95-64-58(36-86-38(2)79)93-69(67(90-42(6)83)66(64)89-41(5)82)92-48-13-11-44(12-14-48)59-49-15-17-51(71-49)60(45-23-29-75(8)30-24-45)53-19-21-55(73-53)62(47-27-33-77(10)34-28-47)56-22-20-54(74-56)61(52-18-16-50(59)72-52)46-25-31-76(9)32-26-46/h11-34,57-58,63-70H,35-36H2,1-10H3,(H,71,72,73,74)/q+2/p+1/t57-,58-,63+,64-,65+,66+,67-,68-,69-,70+/m1/s1. The van der Waals surface area contributed by atoms with Gasteiger partial charge in [0.25, 0.3) is 0 Å². The average Bonchev–Trinajstić information content (AvgIpc) is 1.76. The Hall–Kier alpha value is -10.8. The van der Waals surface area contributed by atoms with Gasteiger partial charge < -0.3 is 62.1 Å². The lowest BCUT2D eigenvalue weighted by Crippen LogP contribution is -2.67. The fourth-order valence-corrected chi connectivity index (χ4v) is 11.8. The molecule has 8 bridgehead atoms. The summed E-state index contributed by atoms with van der Waals surface area (Å²) in [7, 11) is 5.89. The van der Waals surface area contributed by atoms with E-state index in [0.717, 1.165) is 110 Å². The van der Waals surface area contributed by atoms with Crippen LogP contribution in [0.5, 0.6) is 5.75 Å². The van der Waals surface area contributed by atoms with E-state index in [2.05, 4.69) is 34.2 Å². The van der Waals surface area contributed by atoms with Crippen LogP contribution in [0.2, 0.25) is 0 Å². The first-order valence-corrected chi connectivity index (χ1v) is 30.4. The van der Waals surface area contributed by atoms with E-state index in [1.807, 2.05) is 145 Å². The van der Waals surface area contributed by atoms with E-state index in [1.165, 1.54) is 0 Å². The Morgan fingerprint density at radius 2 is 0.684 bits per heavy atom. The van der Waals surface area contributed by atoms with Crippen molar-refractivity contribution in [2.45, 2.75) is 110 Å². The molecule has 11 rings (SSSR count). The molecule has 4 aliphatic heterocycles. The van der Waals surface area contributed by atoms with Gasteiger partial charge in [-0.15, -0.1) is 0 Å². The smallest absolute Gasteiger partial charge is 0.303 e. The largest absolute Gasteiger partial charge is 0.463 e. The summed E-state index contributed by atoms with van der Waals surface area (Å²) in [4.78, 5) is 108. The monoisotopic (exact) mass is 1300 g/mol. The summed E-state index contributed by atoms with van der Waals surface area (Å²) in [6, 6.07) is 27.4. The summed E-state index contributed by atoms with van der Waals surface area (Å²) in [6.07, 6.45) is 3.38. The van der Waals surface area contributed by atoms with Gasteiger partial charge >= 0.3 is 41.8 Å². The Morgan fingerprint density at radius 3 is 1.04 bits per heavy atom. The highest BCUT2D eigenvalue weighted by molar-refractivity contribution is 5.99. The molecule has 10 heterocycles. The van der Waals surface area contributed by atoms with Crippen LogP contribution >= 0.6 is 0 Å². The maximum atomic E-state index is 13.3. The van der Waals surface area contributed by atoms with Crippen molar-refractivity contribution in [3.8, 4) is 50.3 Å². The zero-order valence-electron chi connectivity index (χ0n) is 53.6. The number of nitrogens with zero attached hydrogens (tertiary/aromatic N) is 5. The molecular weight excluding hydrogens is 1230 g/mol. The normalized spacial score (nSPS) is 21.2. The number of rotatable bonds is 17. The molecule has 6 aromatic heterocycles. The summed E-state index contributed by atoms with van der Waals surface area (Å²) in [5.74, 6) is -5.91. The molecule has 25 heteroatoms. The highest BCUT2D eigenvalue weighted by Crippen LogP contribution is 2.41. The molecule has 25 nitrogen and oxygen atoms in total. The third-order valence-corrected chi connectivity index (χ3v) is 15.8. The van der Waals surface area contributed by atoms with Crippen LogP contribution in [0.25, 0.3) is 90.9 Å². The highest BCUT2D eigenvalue weighted by Gasteiger charge is 2.58. The first kappa shape index (κ1) is 65.7. The van der Waals surface area contributed by atoms with Crippen molar-refractivity contribution in [1.29, 1.82) is 0 Å². The molecular formula is C70H70N7O18+3. The van der Waals surface area contributed by atoms with Crippen molar-refractivity contribution >= 4 is 88.2 Å². The number of benzene rings is 1. The van der Waals surface area contributed by atoms with E-state index >= 15 is 0 Å². The molecule has 2 N–H and O–H groups in total. The van der Waals surface area contributed by atoms with E-state index < -0.39 is 116 Å². The maximum Gasteiger partial charge on any atom is 0.303 e. The van der Waals surface area contributed by atoms with Crippen LogP contribution < -0.4 is 18.4 Å². The molecule has 10 atom stereocenters. The number of H-pyrrole nitrogens is 2. The van der Waals surface area contributed by atoms with E-state index in [4.69, 9.17) is 62.1 Å². The van der Waals surface area contributed by atoms with Crippen molar-refractivity contribution in [1.82, 2.24) is 19.9 Å². The molecule has 2 saturated heterocycles. The Morgan fingerprint density at radius 1 is 0.379 bits per heavy atom. The number of aryl methyl sites for hydroxylation is 3. The molecule has 0 aliphatic carbocycles. The number of fused-ring (bicyclic) bond motifs is 8. The number of nitrogens with one attached hydrogen (secondary N) is 2. The van der Waals surface area contributed by atoms with Crippen molar-refractivity contribution in [2.75, 3.05) is 13.2 Å². The van der Waals surface area contributed by atoms with Gasteiger partial charge in [-0.05, 0) is 83.0 Å². The number of hydrogen-bond acceptors (Lipinski definition) is 20. The predicted octanol–water partition coefficient (Wildman–Crippen LogP) is 6.80. The molecule has 0 spiro atoms. The zero-order chi connectivity index (χ0) is 67.4. The fraction of sp³-hybridized carbons (Fsp3) is 0.314. The topological polar surface area (TPSA) is 290 Å². The molecule has 1 aromatic carbocycles. The summed E-state index contributed by atoms with van der Waals surface area (Å²) < 4.78 is 71.3. The van der Waals surface area contributed by atoms with Crippen LogP contribution in [0.15, 0.2) is 122 Å². The number of aromatic nitrogens is 7. The van der Waals surface area contributed by atoms with Gasteiger partial charge in [0.15, 0.2) is 67.9 Å². The first-order valence-electron chi connectivity index (χ1n) is 30.4. The summed E-state index contributed by atoms with van der Waals surface area (Å²) in [6.45, 7) is 6.34. The van der Waals surface area contributed by atoms with Gasteiger partial charge in [0, 0.05) is 129 Å². The Bertz CT molecular complexity index is 4310. The predicted molar refractivity (Wildman–Crippen MR) is 338 cm³/mol. The van der Waals surface area contributed by atoms with Crippen molar-refractivity contribution in [2.24, 2.45) is 21.1 Å². The first-order chi connectivity index (χ1) is 45.5. The van der Waals surface area contributed by atoms with Crippen LogP contribution in [-0.2, 0) is 102 Å². The second kappa shape index (κ2) is 28.2. The molecule has 0 radical (unpaired) electrons. The minimum Gasteiger partial charge on any atom is -0.463 e. The van der Waals surface area contributed by atoms with E-state index in [0.29, 0.717) is 28.0 Å². The number of aromatic amines is 2. The van der Waals surface area contributed by atoms with Gasteiger partial charge in [0.1, 0.15) is 58.4 Å². The van der Waals surface area contributed by atoms with Crippen LogP contribution in [-0.4, -0.2) is 136 Å². The lowest BCUT2D eigenvalue weighted by Gasteiger charge is -2.48. The van der Waals surface area contributed by atoms with Gasteiger partial charge in [0.2, 0.25) is 12.4 Å². The van der Waals surface area contributed by atoms with Crippen LogP contribution in [0.1, 0.15) is 71.2 Å². The van der Waals surface area contributed by atoms with Crippen molar-refractivity contribution < 1.29 is 99.4 Å². The molecule has 95 heavy (non-hydrogen) atoms. The van der Waals surface area contributed by atoms with Gasteiger partial charge in [-0.25, -0.2) is 23.7 Å². The third-order valence-electron chi connectivity index (χ3n) is 15.8. The Labute approximate surface area is 544 Å². The number of carbonyl (C=O) groups excluding carboxylic acids is 7. The summed E-state index contributed by atoms with van der Waals surface area (Å²) in [5, 5.41) is 0. The quantitative estimate of drug-likeness (QED) is 0.0538. The van der Waals surface area contributed by atoms with Gasteiger partial charge in [-0.2, -0.15) is 0 Å². The molecule has 490 valence electrons. The van der Waals surface area contributed by atoms with Crippen molar-refractivity contribution in [3.05, 3.63) is 145 Å². The number of carbonyl (C=O) groups is 7. The van der Waals surface area contributed by atoms with E-state index in [-0.39, 0.29) is 5.75 Å². The fourth-order valence-electron chi connectivity index (χ4n) is 11.8. The summed E-state index contributed by atoms with van der Waals surface area (Å²) >= 11 is 0. The Kier molecular flexibility index (Phi) is 19.5. The van der Waals surface area contributed by atoms with E-state index in [1.54, 1.807) is 12.1 Å². The number of esters is 7. The van der Waals surface area contributed by atoms with Gasteiger partial charge in [-0.3, -0.25) is 33.6 Å².